The third-order valence-electron chi connectivity index (χ3n) is 7.57. The van der Waals surface area contributed by atoms with Crippen LogP contribution in [0.15, 0.2) is 36.5 Å². The van der Waals surface area contributed by atoms with E-state index in [9.17, 15) is 13.2 Å². The predicted octanol–water partition coefficient (Wildman–Crippen LogP) is 4.79. The molecule has 39 heavy (non-hydrogen) atoms. The van der Waals surface area contributed by atoms with Crippen molar-refractivity contribution in [3.05, 3.63) is 58.9 Å². The molecule has 1 saturated heterocycles. The van der Waals surface area contributed by atoms with E-state index in [1.165, 1.54) is 23.5 Å². The Morgan fingerprint density at radius 2 is 1.95 bits per heavy atom. The lowest BCUT2D eigenvalue weighted by Crippen LogP contribution is -2.29. The molecule has 2 aromatic heterocycles. The lowest BCUT2D eigenvalue weighted by Gasteiger charge is -2.28. The monoisotopic (exact) mass is 540 g/mol. The molecule has 206 valence electrons. The highest BCUT2D eigenvalue weighted by Gasteiger charge is 2.36. The van der Waals surface area contributed by atoms with Gasteiger partial charge in [-0.2, -0.15) is 23.1 Å². The number of halogens is 3. The van der Waals surface area contributed by atoms with Gasteiger partial charge in [-0.05, 0) is 49.1 Å². The Labute approximate surface area is 225 Å². The fraction of sp³-hybridized carbons (Fsp3) is 0.464. The van der Waals surface area contributed by atoms with Crippen LogP contribution < -0.4 is 19.9 Å². The van der Waals surface area contributed by atoms with Crippen LogP contribution in [0.2, 0.25) is 0 Å². The summed E-state index contributed by atoms with van der Waals surface area (Å²) in [6.07, 6.45) is 0.621. The summed E-state index contributed by atoms with van der Waals surface area (Å²) in [5.74, 6) is 0.559. The Morgan fingerprint density at radius 3 is 2.77 bits per heavy atom. The molecule has 1 atom stereocenters. The van der Waals surface area contributed by atoms with Gasteiger partial charge in [-0.3, -0.25) is 0 Å². The number of pyridine rings is 1. The lowest BCUT2D eigenvalue weighted by atomic mass is 10.0. The molecule has 8 nitrogen and oxygen atoms in total. The molecule has 0 spiro atoms. The quantitative estimate of drug-likeness (QED) is 0.495. The molecule has 3 aliphatic rings. The third-order valence-corrected chi connectivity index (χ3v) is 7.57. The standard InChI is InChI=1S/C28H31F3N6O2/c1-36-12-3-4-18-6-7-19(16-24(18)36)33-25-21-8-13-37(26-22(28(29,30)31)5-2-11-32-26)14-9-23(21)34-27(35-25)39-20-10-15-38-17-20/h2,5-7,11,16,20H,3-4,8-10,12-15,17H2,1H3,(H,33,34,35). The van der Waals surface area contributed by atoms with E-state index in [0.29, 0.717) is 45.0 Å². The van der Waals surface area contributed by atoms with Crippen molar-refractivity contribution in [1.29, 1.82) is 0 Å². The maximum absolute atomic E-state index is 13.7. The van der Waals surface area contributed by atoms with Gasteiger partial charge in [0.2, 0.25) is 0 Å². The van der Waals surface area contributed by atoms with Gasteiger partial charge in [0.15, 0.2) is 0 Å². The highest BCUT2D eigenvalue weighted by atomic mass is 19.4. The van der Waals surface area contributed by atoms with Crippen LogP contribution in [0.3, 0.4) is 0 Å². The summed E-state index contributed by atoms with van der Waals surface area (Å²) in [6, 6.07) is 8.96. The van der Waals surface area contributed by atoms with Crippen LogP contribution in [-0.4, -0.2) is 61.0 Å². The van der Waals surface area contributed by atoms with Gasteiger partial charge in [-0.25, -0.2) is 4.98 Å². The van der Waals surface area contributed by atoms with Crippen LogP contribution in [0.5, 0.6) is 6.01 Å². The molecule has 0 aliphatic carbocycles. The summed E-state index contributed by atoms with van der Waals surface area (Å²) in [5, 5.41) is 3.48. The summed E-state index contributed by atoms with van der Waals surface area (Å²) in [7, 11) is 2.09. The Bertz CT molecular complexity index is 1350. The van der Waals surface area contributed by atoms with E-state index >= 15 is 0 Å². The van der Waals surface area contributed by atoms with Crippen molar-refractivity contribution in [2.75, 3.05) is 55.0 Å². The normalized spacial score (nSPS) is 19.3. The molecule has 5 heterocycles. The molecule has 11 heteroatoms. The van der Waals surface area contributed by atoms with Crippen molar-refractivity contribution in [3.8, 4) is 6.01 Å². The number of benzene rings is 1. The fourth-order valence-electron chi connectivity index (χ4n) is 5.54. The highest BCUT2D eigenvalue weighted by molar-refractivity contribution is 5.69. The Hall–Kier alpha value is -3.60. The van der Waals surface area contributed by atoms with Gasteiger partial charge in [-0.1, -0.05) is 6.07 Å². The van der Waals surface area contributed by atoms with Crippen LogP contribution >= 0.6 is 0 Å². The maximum atomic E-state index is 13.7. The first kappa shape index (κ1) is 25.7. The number of rotatable bonds is 5. The zero-order chi connectivity index (χ0) is 27.0. The smallest absolute Gasteiger partial charge is 0.419 e. The van der Waals surface area contributed by atoms with Gasteiger partial charge in [0.25, 0.3) is 0 Å². The Morgan fingerprint density at radius 1 is 1.08 bits per heavy atom. The highest BCUT2D eigenvalue weighted by Crippen LogP contribution is 2.37. The summed E-state index contributed by atoms with van der Waals surface area (Å²) >= 11 is 0. The van der Waals surface area contributed by atoms with E-state index in [0.717, 1.165) is 48.8 Å². The Balaban J connectivity index is 1.33. The molecule has 0 radical (unpaired) electrons. The van der Waals surface area contributed by atoms with Gasteiger partial charge in [-0.15, -0.1) is 0 Å². The zero-order valence-electron chi connectivity index (χ0n) is 21.8. The van der Waals surface area contributed by atoms with E-state index < -0.39 is 11.7 Å². The van der Waals surface area contributed by atoms with Crippen LogP contribution in [0.4, 0.5) is 36.2 Å². The molecule has 3 aromatic rings. The van der Waals surface area contributed by atoms with Gasteiger partial charge in [0, 0.05) is 62.7 Å². The molecular formula is C28H31F3N6O2. The molecule has 1 aromatic carbocycles. The number of nitrogens with zero attached hydrogens (tertiary/aromatic N) is 5. The lowest BCUT2D eigenvalue weighted by molar-refractivity contribution is -0.137. The summed E-state index contributed by atoms with van der Waals surface area (Å²) in [4.78, 5) is 17.5. The number of ether oxygens (including phenoxy) is 2. The van der Waals surface area contributed by atoms with Gasteiger partial charge in [0.1, 0.15) is 17.7 Å². The zero-order valence-corrected chi connectivity index (χ0v) is 21.8. The number of fused-ring (bicyclic) bond motifs is 2. The average Bonchev–Trinajstić information content (AvgIpc) is 3.33. The second-order valence-corrected chi connectivity index (χ2v) is 10.2. The van der Waals surface area contributed by atoms with Gasteiger partial charge >= 0.3 is 12.2 Å². The van der Waals surface area contributed by atoms with E-state index in [2.05, 4.69) is 34.4 Å². The number of nitrogens with one attached hydrogen (secondary N) is 1. The van der Waals surface area contributed by atoms with E-state index in [1.807, 2.05) is 6.07 Å². The van der Waals surface area contributed by atoms with Gasteiger partial charge < -0.3 is 24.6 Å². The Kier molecular flexibility index (Phi) is 6.92. The van der Waals surface area contributed by atoms with E-state index in [-0.39, 0.29) is 17.9 Å². The molecule has 0 bridgehead atoms. The molecular weight excluding hydrogens is 509 g/mol. The minimum atomic E-state index is -4.49. The van der Waals surface area contributed by atoms with E-state index in [4.69, 9.17) is 19.4 Å². The molecule has 0 amide bonds. The van der Waals surface area contributed by atoms with Crippen molar-refractivity contribution in [3.63, 3.8) is 0 Å². The molecule has 6 rings (SSSR count). The minimum absolute atomic E-state index is 0.0578. The topological polar surface area (TPSA) is 75.6 Å². The third kappa shape index (κ3) is 5.45. The number of aryl methyl sites for hydroxylation is 1. The van der Waals surface area contributed by atoms with Crippen molar-refractivity contribution in [2.45, 2.75) is 44.4 Å². The van der Waals surface area contributed by atoms with Crippen LogP contribution in [0.1, 0.15) is 35.2 Å². The fourth-order valence-corrected chi connectivity index (χ4v) is 5.54. The molecule has 1 N–H and O–H groups in total. The minimum Gasteiger partial charge on any atom is -0.458 e. The van der Waals surface area contributed by atoms with E-state index in [1.54, 1.807) is 4.90 Å². The number of alkyl halides is 3. The average molecular weight is 541 g/mol. The summed E-state index contributed by atoms with van der Waals surface area (Å²) < 4.78 is 52.7. The number of hydrogen-bond acceptors (Lipinski definition) is 8. The van der Waals surface area contributed by atoms with Crippen molar-refractivity contribution in [2.24, 2.45) is 0 Å². The summed E-state index contributed by atoms with van der Waals surface area (Å²) in [5.41, 5.74) is 4.30. The molecule has 1 unspecified atom stereocenters. The second-order valence-electron chi connectivity index (χ2n) is 10.2. The van der Waals surface area contributed by atoms with Crippen molar-refractivity contribution < 1.29 is 22.6 Å². The first-order valence-corrected chi connectivity index (χ1v) is 13.4. The molecule has 1 fully saturated rings. The van der Waals surface area contributed by atoms with Crippen molar-refractivity contribution in [1.82, 2.24) is 15.0 Å². The van der Waals surface area contributed by atoms with Crippen molar-refractivity contribution >= 4 is 23.0 Å². The van der Waals surface area contributed by atoms with Crippen LogP contribution in [-0.2, 0) is 30.2 Å². The van der Waals surface area contributed by atoms with Crippen LogP contribution in [0.25, 0.3) is 0 Å². The van der Waals surface area contributed by atoms with Crippen LogP contribution in [0, 0.1) is 0 Å². The SMILES string of the molecule is CN1CCCc2ccc(Nc3nc(OC4CCOC4)nc4c3CCN(c3ncccc3C(F)(F)F)CC4)cc21. The number of hydrogen-bond donors (Lipinski definition) is 1. The largest absolute Gasteiger partial charge is 0.458 e. The van der Waals surface area contributed by atoms with Gasteiger partial charge in [0.05, 0.1) is 24.5 Å². The maximum Gasteiger partial charge on any atom is 0.419 e. The molecule has 3 aliphatic heterocycles. The molecule has 0 saturated carbocycles. The number of anilines is 4. The second kappa shape index (κ2) is 10.5. The first-order valence-electron chi connectivity index (χ1n) is 13.4. The number of aromatic nitrogens is 3. The predicted molar refractivity (Wildman–Crippen MR) is 142 cm³/mol. The first-order chi connectivity index (χ1) is 18.8. The summed E-state index contributed by atoms with van der Waals surface area (Å²) in [6.45, 7) is 2.82.